The van der Waals surface area contributed by atoms with Crippen molar-refractivity contribution in [3.63, 3.8) is 0 Å². The molecule has 0 aliphatic carbocycles. The molecule has 15 heavy (non-hydrogen) atoms. The zero-order chi connectivity index (χ0) is 11.6. The van der Waals surface area contributed by atoms with Gasteiger partial charge in [0.2, 0.25) is 5.91 Å². The van der Waals surface area contributed by atoms with Crippen LogP contribution in [0, 0.1) is 0 Å². The minimum absolute atomic E-state index is 0.0634. The summed E-state index contributed by atoms with van der Waals surface area (Å²) in [6, 6.07) is 5.67. The topological polar surface area (TPSA) is 43.1 Å². The first-order valence-corrected chi connectivity index (χ1v) is 4.93. The van der Waals surface area contributed by atoms with Crippen LogP contribution in [-0.2, 0) is 5.41 Å². The quantitative estimate of drug-likeness (QED) is 0.789. The van der Waals surface area contributed by atoms with Crippen molar-refractivity contribution in [2.75, 3.05) is 0 Å². The van der Waals surface area contributed by atoms with Crippen molar-refractivity contribution >= 4 is 12.0 Å². The molecular formula is C13H17NO. The standard InChI is InChI=1S/C13H17NO/c1-5-9-8-10(13(2,3)4)6-7-11(9)12(14)15/h5-8H,1H2,2-4H3,(H2,14,15). The summed E-state index contributed by atoms with van der Waals surface area (Å²) >= 11 is 0. The van der Waals surface area contributed by atoms with Crippen molar-refractivity contribution in [3.8, 4) is 0 Å². The summed E-state index contributed by atoms with van der Waals surface area (Å²) in [5.74, 6) is -0.412. The van der Waals surface area contributed by atoms with Crippen LogP contribution in [0.4, 0.5) is 0 Å². The van der Waals surface area contributed by atoms with Gasteiger partial charge in [-0.2, -0.15) is 0 Å². The van der Waals surface area contributed by atoms with Crippen LogP contribution in [0.1, 0.15) is 42.3 Å². The van der Waals surface area contributed by atoms with E-state index in [1.165, 1.54) is 5.56 Å². The van der Waals surface area contributed by atoms with Gasteiger partial charge in [0.15, 0.2) is 0 Å². The van der Waals surface area contributed by atoms with Crippen LogP contribution in [0.2, 0.25) is 0 Å². The summed E-state index contributed by atoms with van der Waals surface area (Å²) in [4.78, 5) is 11.1. The molecule has 1 aromatic carbocycles. The highest BCUT2D eigenvalue weighted by Gasteiger charge is 2.15. The Morgan fingerprint density at radius 3 is 2.40 bits per heavy atom. The Morgan fingerprint density at radius 2 is 2.00 bits per heavy atom. The predicted octanol–water partition coefficient (Wildman–Crippen LogP) is 2.73. The number of carbonyl (C=O) groups is 1. The lowest BCUT2D eigenvalue weighted by molar-refractivity contribution is 0.1000. The molecule has 0 saturated carbocycles. The van der Waals surface area contributed by atoms with Crippen LogP contribution < -0.4 is 5.73 Å². The number of carbonyl (C=O) groups excluding carboxylic acids is 1. The second kappa shape index (κ2) is 3.89. The van der Waals surface area contributed by atoms with Crippen molar-refractivity contribution in [1.82, 2.24) is 0 Å². The first kappa shape index (κ1) is 11.5. The summed E-state index contributed by atoms with van der Waals surface area (Å²) in [5, 5.41) is 0. The molecular weight excluding hydrogens is 186 g/mol. The molecule has 0 fully saturated rings. The smallest absolute Gasteiger partial charge is 0.249 e. The minimum Gasteiger partial charge on any atom is -0.366 e. The van der Waals surface area contributed by atoms with Gasteiger partial charge in [-0.1, -0.05) is 45.6 Å². The van der Waals surface area contributed by atoms with Gasteiger partial charge in [-0.05, 0) is 22.6 Å². The maximum Gasteiger partial charge on any atom is 0.249 e. The molecule has 2 nitrogen and oxygen atoms in total. The van der Waals surface area contributed by atoms with Crippen LogP contribution in [-0.4, -0.2) is 5.91 Å². The van der Waals surface area contributed by atoms with Crippen LogP contribution in [0.5, 0.6) is 0 Å². The van der Waals surface area contributed by atoms with Crippen molar-refractivity contribution < 1.29 is 4.79 Å². The highest BCUT2D eigenvalue weighted by atomic mass is 16.1. The molecule has 80 valence electrons. The molecule has 1 aromatic rings. The molecule has 0 bridgehead atoms. The monoisotopic (exact) mass is 203 g/mol. The number of hydrogen-bond donors (Lipinski definition) is 1. The second-order valence-electron chi connectivity index (χ2n) is 4.62. The maximum atomic E-state index is 11.1. The summed E-state index contributed by atoms with van der Waals surface area (Å²) in [6.45, 7) is 10.1. The molecule has 1 rings (SSSR count). The number of primary amides is 1. The molecule has 0 aliphatic rings. The molecule has 0 aliphatic heterocycles. The average molecular weight is 203 g/mol. The molecule has 0 radical (unpaired) electrons. The lowest BCUT2D eigenvalue weighted by Crippen LogP contribution is -2.15. The summed E-state index contributed by atoms with van der Waals surface area (Å²) < 4.78 is 0. The van der Waals surface area contributed by atoms with Gasteiger partial charge in [-0.15, -0.1) is 0 Å². The van der Waals surface area contributed by atoms with Crippen LogP contribution in [0.25, 0.3) is 6.08 Å². The molecule has 0 spiro atoms. The van der Waals surface area contributed by atoms with E-state index in [4.69, 9.17) is 5.73 Å². The van der Waals surface area contributed by atoms with Gasteiger partial charge in [0.1, 0.15) is 0 Å². The molecule has 0 unspecified atom stereocenters. The van der Waals surface area contributed by atoms with E-state index in [2.05, 4.69) is 27.4 Å². The largest absolute Gasteiger partial charge is 0.366 e. The van der Waals surface area contributed by atoms with Crippen LogP contribution in [0.3, 0.4) is 0 Å². The summed E-state index contributed by atoms with van der Waals surface area (Å²) in [7, 11) is 0. The number of nitrogens with two attached hydrogens (primary N) is 1. The van der Waals surface area contributed by atoms with E-state index in [0.29, 0.717) is 5.56 Å². The van der Waals surface area contributed by atoms with Gasteiger partial charge in [-0.25, -0.2) is 0 Å². The molecule has 0 heterocycles. The number of rotatable bonds is 2. The van der Waals surface area contributed by atoms with E-state index in [9.17, 15) is 4.79 Å². The first-order valence-electron chi connectivity index (χ1n) is 4.93. The maximum absolute atomic E-state index is 11.1. The van der Waals surface area contributed by atoms with Crippen LogP contribution >= 0.6 is 0 Å². The Hall–Kier alpha value is -1.57. The molecule has 0 atom stereocenters. The first-order chi connectivity index (χ1) is 6.86. The third-order valence-electron chi connectivity index (χ3n) is 2.40. The number of amides is 1. The summed E-state index contributed by atoms with van der Waals surface area (Å²) in [6.07, 6.45) is 1.66. The molecule has 1 amide bonds. The van der Waals surface area contributed by atoms with E-state index >= 15 is 0 Å². The van der Waals surface area contributed by atoms with Crippen molar-refractivity contribution in [2.24, 2.45) is 5.73 Å². The van der Waals surface area contributed by atoms with Crippen molar-refractivity contribution in [3.05, 3.63) is 41.5 Å². The Labute approximate surface area is 90.8 Å². The zero-order valence-electron chi connectivity index (χ0n) is 9.50. The van der Waals surface area contributed by atoms with E-state index in [-0.39, 0.29) is 5.41 Å². The number of benzene rings is 1. The minimum atomic E-state index is -0.412. The molecule has 0 saturated heterocycles. The van der Waals surface area contributed by atoms with Crippen molar-refractivity contribution in [1.29, 1.82) is 0 Å². The van der Waals surface area contributed by atoms with E-state index in [1.807, 2.05) is 12.1 Å². The Balaban J connectivity index is 3.31. The van der Waals surface area contributed by atoms with Gasteiger partial charge in [0.05, 0.1) is 0 Å². The molecule has 2 heteroatoms. The van der Waals surface area contributed by atoms with Gasteiger partial charge in [0.25, 0.3) is 0 Å². The average Bonchev–Trinajstić information content (AvgIpc) is 2.15. The number of hydrogen-bond acceptors (Lipinski definition) is 1. The highest BCUT2D eigenvalue weighted by molar-refractivity contribution is 5.96. The van der Waals surface area contributed by atoms with Gasteiger partial charge in [-0.3, -0.25) is 4.79 Å². The third-order valence-corrected chi connectivity index (χ3v) is 2.40. The highest BCUT2D eigenvalue weighted by Crippen LogP contribution is 2.24. The van der Waals surface area contributed by atoms with Gasteiger partial charge >= 0.3 is 0 Å². The Bertz CT molecular complexity index is 399. The van der Waals surface area contributed by atoms with Crippen molar-refractivity contribution in [2.45, 2.75) is 26.2 Å². The fourth-order valence-corrected chi connectivity index (χ4v) is 1.42. The Kier molecular flexibility index (Phi) is 2.98. The molecule has 0 aromatic heterocycles. The zero-order valence-corrected chi connectivity index (χ0v) is 9.50. The van der Waals surface area contributed by atoms with E-state index in [0.717, 1.165) is 5.56 Å². The van der Waals surface area contributed by atoms with E-state index in [1.54, 1.807) is 12.1 Å². The Morgan fingerprint density at radius 1 is 1.40 bits per heavy atom. The SMILES string of the molecule is C=Cc1cc(C(C)(C)C)ccc1C(N)=O. The fraction of sp³-hybridized carbons (Fsp3) is 0.308. The normalized spacial score (nSPS) is 11.1. The fourth-order valence-electron chi connectivity index (χ4n) is 1.42. The lowest BCUT2D eigenvalue weighted by atomic mass is 9.85. The van der Waals surface area contributed by atoms with E-state index < -0.39 is 5.91 Å². The van der Waals surface area contributed by atoms with Gasteiger partial charge < -0.3 is 5.73 Å². The lowest BCUT2D eigenvalue weighted by Gasteiger charge is -2.20. The van der Waals surface area contributed by atoms with Crippen LogP contribution in [0.15, 0.2) is 24.8 Å². The second-order valence-corrected chi connectivity index (χ2v) is 4.62. The summed E-state index contributed by atoms with van der Waals surface area (Å²) in [5.41, 5.74) is 7.82. The predicted molar refractivity (Wildman–Crippen MR) is 63.8 cm³/mol. The molecule has 2 N–H and O–H groups in total. The van der Waals surface area contributed by atoms with Gasteiger partial charge in [0, 0.05) is 5.56 Å². The third kappa shape index (κ3) is 2.46.